The van der Waals surface area contributed by atoms with Gasteiger partial charge in [0, 0.05) is 10.8 Å². The summed E-state index contributed by atoms with van der Waals surface area (Å²) in [6.45, 7) is 0. The van der Waals surface area contributed by atoms with Gasteiger partial charge in [-0.3, -0.25) is 0 Å². The Labute approximate surface area is 102 Å². The molecular weight excluding hydrogens is 232 g/mol. The molecule has 0 amide bonds. The molecule has 17 heavy (non-hydrogen) atoms. The molecule has 3 aromatic rings. The summed E-state index contributed by atoms with van der Waals surface area (Å²) < 4.78 is 5.29. The minimum atomic E-state index is 0.593. The molecule has 2 N–H and O–H groups in total. The van der Waals surface area contributed by atoms with Gasteiger partial charge in [-0.25, -0.2) is 4.98 Å². The van der Waals surface area contributed by atoms with Crippen LogP contribution < -0.4 is 5.73 Å². The molecule has 84 valence electrons. The highest BCUT2D eigenvalue weighted by atomic mass is 32.1. The number of rotatable bonds is 2. The van der Waals surface area contributed by atoms with Crippen LogP contribution in [0.1, 0.15) is 11.3 Å². The van der Waals surface area contributed by atoms with Gasteiger partial charge < -0.3 is 10.2 Å². The van der Waals surface area contributed by atoms with Crippen molar-refractivity contribution < 1.29 is 4.42 Å². The van der Waals surface area contributed by atoms with Crippen molar-refractivity contribution in [2.75, 3.05) is 5.73 Å². The van der Waals surface area contributed by atoms with Crippen LogP contribution in [0.15, 0.2) is 40.3 Å². The van der Waals surface area contributed by atoms with E-state index in [4.69, 9.17) is 10.2 Å². The molecule has 0 fully saturated rings. The van der Waals surface area contributed by atoms with Crippen molar-refractivity contribution in [3.05, 3.63) is 47.2 Å². The van der Waals surface area contributed by atoms with Gasteiger partial charge in [-0.1, -0.05) is 12.1 Å². The van der Waals surface area contributed by atoms with Crippen molar-refractivity contribution in [2.45, 2.75) is 0 Å². The van der Waals surface area contributed by atoms with Gasteiger partial charge >= 0.3 is 0 Å². The van der Waals surface area contributed by atoms with Gasteiger partial charge in [-0.15, -0.1) is 11.3 Å². The highest BCUT2D eigenvalue weighted by Crippen LogP contribution is 2.19. The van der Waals surface area contributed by atoms with Crippen molar-refractivity contribution in [1.82, 2.24) is 4.98 Å². The standard InChI is InChI=1S/C13H10N2OS/c14-13-15-11(8-17-13)3-1-9-2-4-12-10(7-9)5-6-16-12/h1-8H,(H2,14,15)/b3-1+. The number of hydrogen-bond acceptors (Lipinski definition) is 4. The highest BCUT2D eigenvalue weighted by molar-refractivity contribution is 7.13. The van der Waals surface area contributed by atoms with E-state index < -0.39 is 0 Å². The van der Waals surface area contributed by atoms with Crippen LogP contribution in [0.4, 0.5) is 5.13 Å². The largest absolute Gasteiger partial charge is 0.464 e. The van der Waals surface area contributed by atoms with Crippen LogP contribution in [-0.2, 0) is 0 Å². The number of hydrogen-bond donors (Lipinski definition) is 1. The quantitative estimate of drug-likeness (QED) is 0.746. The molecule has 1 aromatic carbocycles. The molecule has 0 spiro atoms. The lowest BCUT2D eigenvalue weighted by Crippen LogP contribution is -1.81. The average molecular weight is 242 g/mol. The summed E-state index contributed by atoms with van der Waals surface area (Å²) in [5, 5.41) is 3.63. The number of thiazole rings is 1. The number of anilines is 1. The van der Waals surface area contributed by atoms with Gasteiger partial charge in [0.1, 0.15) is 5.58 Å². The first-order chi connectivity index (χ1) is 8.31. The third-order valence-corrected chi connectivity index (χ3v) is 3.15. The number of nitrogens with zero attached hydrogens (tertiary/aromatic N) is 1. The van der Waals surface area contributed by atoms with Crippen LogP contribution in [0.3, 0.4) is 0 Å². The maximum absolute atomic E-state index is 5.57. The number of furan rings is 1. The summed E-state index contributed by atoms with van der Waals surface area (Å²) >= 11 is 1.44. The predicted octanol–water partition coefficient (Wildman–Crippen LogP) is 3.64. The van der Waals surface area contributed by atoms with E-state index in [1.807, 2.05) is 35.7 Å². The zero-order valence-corrected chi connectivity index (χ0v) is 9.78. The maximum Gasteiger partial charge on any atom is 0.180 e. The van der Waals surface area contributed by atoms with Crippen LogP contribution in [0.25, 0.3) is 23.1 Å². The minimum Gasteiger partial charge on any atom is -0.464 e. The molecule has 0 bridgehead atoms. The zero-order valence-electron chi connectivity index (χ0n) is 8.96. The van der Waals surface area contributed by atoms with E-state index in [0.717, 1.165) is 22.2 Å². The minimum absolute atomic E-state index is 0.593. The van der Waals surface area contributed by atoms with Gasteiger partial charge in [0.25, 0.3) is 0 Å². The Morgan fingerprint density at radius 2 is 2.18 bits per heavy atom. The number of nitrogens with two attached hydrogens (primary N) is 1. The first-order valence-corrected chi connectivity index (χ1v) is 6.05. The summed E-state index contributed by atoms with van der Waals surface area (Å²) in [6, 6.07) is 8.00. The molecule has 2 aromatic heterocycles. The van der Waals surface area contributed by atoms with E-state index in [9.17, 15) is 0 Å². The molecule has 0 aliphatic carbocycles. The molecule has 3 nitrogen and oxygen atoms in total. The molecule has 0 radical (unpaired) electrons. The molecule has 0 aliphatic rings. The molecule has 3 rings (SSSR count). The summed E-state index contributed by atoms with van der Waals surface area (Å²) in [6.07, 6.45) is 5.66. The first kappa shape index (κ1) is 10.1. The Kier molecular flexibility index (Phi) is 2.42. The SMILES string of the molecule is Nc1nc(/C=C/c2ccc3occc3c2)cs1. The number of aromatic nitrogens is 1. The molecular formula is C13H10N2OS. The van der Waals surface area contributed by atoms with Crippen LogP contribution in [-0.4, -0.2) is 4.98 Å². The molecule has 0 unspecified atom stereocenters. The van der Waals surface area contributed by atoms with Crippen LogP contribution in [0.5, 0.6) is 0 Å². The van der Waals surface area contributed by atoms with Crippen LogP contribution >= 0.6 is 11.3 Å². The summed E-state index contributed by atoms with van der Waals surface area (Å²) in [7, 11) is 0. The fraction of sp³-hybridized carbons (Fsp3) is 0. The Balaban J connectivity index is 1.91. The Bertz CT molecular complexity index is 681. The molecule has 4 heteroatoms. The van der Waals surface area contributed by atoms with E-state index in [-0.39, 0.29) is 0 Å². The first-order valence-electron chi connectivity index (χ1n) is 5.17. The summed E-state index contributed by atoms with van der Waals surface area (Å²) in [5.41, 5.74) is 8.48. The van der Waals surface area contributed by atoms with E-state index in [2.05, 4.69) is 11.1 Å². The van der Waals surface area contributed by atoms with Gasteiger partial charge in [0.05, 0.1) is 12.0 Å². The second-order valence-electron chi connectivity index (χ2n) is 3.66. The topological polar surface area (TPSA) is 52.0 Å². The van der Waals surface area contributed by atoms with E-state index in [1.165, 1.54) is 11.3 Å². The van der Waals surface area contributed by atoms with E-state index in [1.54, 1.807) is 6.26 Å². The molecule has 0 saturated carbocycles. The van der Waals surface area contributed by atoms with Crippen LogP contribution in [0, 0.1) is 0 Å². The molecule has 0 saturated heterocycles. The molecule has 0 atom stereocenters. The fourth-order valence-electron chi connectivity index (χ4n) is 1.65. The van der Waals surface area contributed by atoms with Crippen LogP contribution in [0.2, 0.25) is 0 Å². The molecule has 0 aliphatic heterocycles. The maximum atomic E-state index is 5.57. The number of benzene rings is 1. The normalized spacial score (nSPS) is 11.5. The van der Waals surface area contributed by atoms with Crippen molar-refractivity contribution in [3.8, 4) is 0 Å². The van der Waals surface area contributed by atoms with Crippen molar-refractivity contribution >= 4 is 39.6 Å². The van der Waals surface area contributed by atoms with Crippen molar-refractivity contribution in [1.29, 1.82) is 0 Å². The Morgan fingerprint density at radius 1 is 1.24 bits per heavy atom. The average Bonchev–Trinajstić information content (AvgIpc) is 2.94. The lowest BCUT2D eigenvalue weighted by molar-refractivity contribution is 0.616. The number of fused-ring (bicyclic) bond motifs is 1. The second-order valence-corrected chi connectivity index (χ2v) is 4.55. The lowest BCUT2D eigenvalue weighted by atomic mass is 10.1. The van der Waals surface area contributed by atoms with Gasteiger partial charge in [0.2, 0.25) is 0 Å². The van der Waals surface area contributed by atoms with Gasteiger partial charge in [-0.2, -0.15) is 0 Å². The number of nitrogen functional groups attached to an aromatic ring is 1. The Morgan fingerprint density at radius 3 is 3.00 bits per heavy atom. The second kappa shape index (κ2) is 4.07. The monoisotopic (exact) mass is 242 g/mol. The summed E-state index contributed by atoms with van der Waals surface area (Å²) in [5.74, 6) is 0. The van der Waals surface area contributed by atoms with Crippen molar-refractivity contribution in [3.63, 3.8) is 0 Å². The zero-order chi connectivity index (χ0) is 11.7. The van der Waals surface area contributed by atoms with E-state index >= 15 is 0 Å². The lowest BCUT2D eigenvalue weighted by Gasteiger charge is -1.92. The smallest absolute Gasteiger partial charge is 0.180 e. The fourth-order valence-corrected chi connectivity index (χ4v) is 2.18. The highest BCUT2D eigenvalue weighted by Gasteiger charge is 1.97. The predicted molar refractivity (Wildman–Crippen MR) is 71.7 cm³/mol. The molecule has 2 heterocycles. The van der Waals surface area contributed by atoms with E-state index in [0.29, 0.717) is 5.13 Å². The third kappa shape index (κ3) is 2.07. The third-order valence-electron chi connectivity index (χ3n) is 2.46. The van der Waals surface area contributed by atoms with Gasteiger partial charge in [0.15, 0.2) is 5.13 Å². The van der Waals surface area contributed by atoms with Crippen molar-refractivity contribution in [2.24, 2.45) is 0 Å². The summed E-state index contributed by atoms with van der Waals surface area (Å²) in [4.78, 5) is 4.17. The Hall–Kier alpha value is -2.07. The van der Waals surface area contributed by atoms with Gasteiger partial charge in [-0.05, 0) is 29.8 Å².